The molecule has 92 valence electrons. The number of rotatable bonds is 2. The van der Waals surface area contributed by atoms with E-state index < -0.39 is 0 Å². The van der Waals surface area contributed by atoms with Crippen molar-refractivity contribution in [3.05, 3.63) is 28.2 Å². The number of amidine groups is 1. The predicted molar refractivity (Wildman–Crippen MR) is 81.1 cm³/mol. The Hall–Kier alpha value is -0.480. The Bertz CT molecular complexity index is 431. The van der Waals surface area contributed by atoms with Crippen LogP contribution in [0.15, 0.2) is 27.7 Å². The summed E-state index contributed by atoms with van der Waals surface area (Å²) in [4.78, 5) is 4.72. The number of thioether (sulfide) groups is 1. The van der Waals surface area contributed by atoms with Crippen molar-refractivity contribution in [2.45, 2.75) is 32.7 Å². The third-order valence-corrected chi connectivity index (χ3v) is 4.30. The molecule has 2 nitrogen and oxygen atoms in total. The number of benzene rings is 1. The van der Waals surface area contributed by atoms with E-state index in [0.717, 1.165) is 21.7 Å². The molecule has 0 fully saturated rings. The van der Waals surface area contributed by atoms with Gasteiger partial charge in [-0.05, 0) is 43.5 Å². The van der Waals surface area contributed by atoms with Crippen LogP contribution in [0.5, 0.6) is 0 Å². The molecule has 0 saturated carbocycles. The summed E-state index contributed by atoms with van der Waals surface area (Å²) in [5, 5.41) is 4.50. The molecule has 1 aliphatic rings. The third-order valence-electron chi connectivity index (χ3n) is 2.89. The van der Waals surface area contributed by atoms with Crippen LogP contribution >= 0.6 is 27.7 Å². The van der Waals surface area contributed by atoms with Crippen LogP contribution < -0.4 is 5.32 Å². The number of aliphatic imine (C=N–C) groups is 1. The van der Waals surface area contributed by atoms with Gasteiger partial charge in [-0.15, -0.1) is 0 Å². The summed E-state index contributed by atoms with van der Waals surface area (Å²) in [5.41, 5.74) is 2.39. The number of nitrogens with one attached hydrogen (secondary N) is 1. The second kappa shape index (κ2) is 5.91. The fraction of sp³-hybridized carbons (Fsp3) is 0.462. The Morgan fingerprint density at radius 3 is 3.06 bits per heavy atom. The summed E-state index contributed by atoms with van der Waals surface area (Å²) < 4.78 is 1.12. The predicted octanol–water partition coefficient (Wildman–Crippen LogP) is 4.44. The van der Waals surface area contributed by atoms with Gasteiger partial charge in [-0.2, -0.15) is 0 Å². The molecule has 1 atom stereocenters. The summed E-state index contributed by atoms with van der Waals surface area (Å²) in [6, 6.07) is 6.77. The highest BCUT2D eigenvalue weighted by molar-refractivity contribution is 9.10. The highest BCUT2D eigenvalue weighted by atomic mass is 79.9. The summed E-state index contributed by atoms with van der Waals surface area (Å²) >= 11 is 5.30. The number of halogens is 1. The maximum absolute atomic E-state index is 4.72. The second-order valence-corrected chi connectivity index (χ2v) is 6.22. The molecule has 4 heteroatoms. The van der Waals surface area contributed by atoms with E-state index in [0.29, 0.717) is 6.04 Å². The number of nitrogens with zero attached hydrogens (tertiary/aromatic N) is 1. The highest BCUT2D eigenvalue weighted by Crippen LogP contribution is 2.24. The lowest BCUT2D eigenvalue weighted by Crippen LogP contribution is -2.19. The molecule has 17 heavy (non-hydrogen) atoms. The first kappa shape index (κ1) is 13.0. The van der Waals surface area contributed by atoms with Gasteiger partial charge in [0.05, 0.1) is 6.04 Å². The van der Waals surface area contributed by atoms with Crippen molar-refractivity contribution in [3.63, 3.8) is 0 Å². The summed E-state index contributed by atoms with van der Waals surface area (Å²) in [7, 11) is 0. The molecule has 0 spiro atoms. The molecule has 0 amide bonds. The Balaban J connectivity index is 2.12. The quantitative estimate of drug-likeness (QED) is 0.873. The Morgan fingerprint density at radius 2 is 2.35 bits per heavy atom. The zero-order valence-corrected chi connectivity index (χ0v) is 12.6. The van der Waals surface area contributed by atoms with E-state index in [1.54, 1.807) is 0 Å². The topological polar surface area (TPSA) is 24.4 Å². The van der Waals surface area contributed by atoms with E-state index in [1.807, 2.05) is 11.8 Å². The molecule has 2 rings (SSSR count). The first-order chi connectivity index (χ1) is 8.19. The molecule has 0 radical (unpaired) electrons. The van der Waals surface area contributed by atoms with Crippen LogP contribution in [0.2, 0.25) is 0 Å². The number of aryl methyl sites for hydroxylation is 1. The molecule has 0 saturated heterocycles. The van der Waals surface area contributed by atoms with E-state index in [2.05, 4.69) is 53.3 Å². The van der Waals surface area contributed by atoms with E-state index in [1.165, 1.54) is 17.7 Å². The molecule has 0 bridgehead atoms. The molecule has 1 aromatic rings. The van der Waals surface area contributed by atoms with Gasteiger partial charge >= 0.3 is 0 Å². The molecular weight excluding hydrogens is 296 g/mol. The van der Waals surface area contributed by atoms with E-state index in [-0.39, 0.29) is 0 Å². The van der Waals surface area contributed by atoms with Crippen molar-refractivity contribution in [2.75, 3.05) is 11.1 Å². The standard InChI is InChI=1S/C13H17BrN2S/c1-3-11-6-7-17-13(15-11)16-12-5-4-10(14)8-9(12)2/h4-5,8,11H,3,6-7H2,1-2H3,(H,15,16). The maximum Gasteiger partial charge on any atom is 0.161 e. The van der Waals surface area contributed by atoms with Crippen LogP contribution in [-0.2, 0) is 0 Å². The lowest BCUT2D eigenvalue weighted by Gasteiger charge is -2.20. The third kappa shape index (κ3) is 3.49. The van der Waals surface area contributed by atoms with Gasteiger partial charge in [-0.1, -0.05) is 34.6 Å². The minimum absolute atomic E-state index is 0.495. The van der Waals surface area contributed by atoms with Gasteiger partial charge in [0.2, 0.25) is 0 Å². The molecule has 1 N–H and O–H groups in total. The average Bonchev–Trinajstić information content (AvgIpc) is 2.33. The summed E-state index contributed by atoms with van der Waals surface area (Å²) in [6.45, 7) is 4.31. The maximum atomic E-state index is 4.72. The van der Waals surface area contributed by atoms with Gasteiger partial charge in [0.25, 0.3) is 0 Å². The van der Waals surface area contributed by atoms with Gasteiger partial charge in [0, 0.05) is 15.9 Å². The monoisotopic (exact) mass is 312 g/mol. The van der Waals surface area contributed by atoms with Crippen LogP contribution in [0, 0.1) is 6.92 Å². The molecular formula is C13H17BrN2S. The van der Waals surface area contributed by atoms with Crippen molar-refractivity contribution in [1.29, 1.82) is 0 Å². The van der Waals surface area contributed by atoms with Crippen molar-refractivity contribution in [2.24, 2.45) is 4.99 Å². The van der Waals surface area contributed by atoms with Crippen LogP contribution in [0.1, 0.15) is 25.3 Å². The fourth-order valence-corrected chi connectivity index (χ4v) is 3.27. The first-order valence-electron chi connectivity index (χ1n) is 5.93. The zero-order valence-electron chi connectivity index (χ0n) is 10.2. The Kier molecular flexibility index (Phi) is 4.51. The molecule has 1 aliphatic heterocycles. The van der Waals surface area contributed by atoms with E-state index >= 15 is 0 Å². The molecule has 1 unspecified atom stereocenters. The normalized spacial score (nSPS) is 19.9. The molecule has 0 aliphatic carbocycles. The molecule has 1 aromatic carbocycles. The Morgan fingerprint density at radius 1 is 1.53 bits per heavy atom. The summed E-state index contributed by atoms with van der Waals surface area (Å²) in [6.07, 6.45) is 2.33. The minimum Gasteiger partial charge on any atom is -0.335 e. The molecule has 1 heterocycles. The van der Waals surface area contributed by atoms with Gasteiger partial charge in [-0.25, -0.2) is 0 Å². The number of anilines is 1. The lowest BCUT2D eigenvalue weighted by atomic mass is 10.2. The van der Waals surface area contributed by atoms with Crippen LogP contribution in [0.4, 0.5) is 5.69 Å². The van der Waals surface area contributed by atoms with Crippen molar-refractivity contribution >= 4 is 38.5 Å². The van der Waals surface area contributed by atoms with Crippen LogP contribution in [-0.4, -0.2) is 17.0 Å². The largest absolute Gasteiger partial charge is 0.335 e. The first-order valence-corrected chi connectivity index (χ1v) is 7.70. The average molecular weight is 313 g/mol. The Labute approximate surface area is 115 Å². The lowest BCUT2D eigenvalue weighted by molar-refractivity contribution is 0.634. The summed E-state index contributed by atoms with van der Waals surface area (Å²) in [5.74, 6) is 1.17. The van der Waals surface area contributed by atoms with Crippen molar-refractivity contribution in [1.82, 2.24) is 0 Å². The minimum atomic E-state index is 0.495. The van der Waals surface area contributed by atoms with Gasteiger partial charge in [0.15, 0.2) is 5.17 Å². The highest BCUT2D eigenvalue weighted by Gasteiger charge is 2.14. The zero-order chi connectivity index (χ0) is 12.3. The van der Waals surface area contributed by atoms with E-state index in [9.17, 15) is 0 Å². The van der Waals surface area contributed by atoms with Crippen LogP contribution in [0.25, 0.3) is 0 Å². The SMILES string of the molecule is CCC1CCSC(Nc2ccc(Br)cc2C)=N1. The van der Waals surface area contributed by atoms with Crippen LogP contribution in [0.3, 0.4) is 0 Å². The number of hydrogen-bond donors (Lipinski definition) is 1. The van der Waals surface area contributed by atoms with Gasteiger partial charge < -0.3 is 5.32 Å². The van der Waals surface area contributed by atoms with E-state index in [4.69, 9.17) is 4.99 Å². The van der Waals surface area contributed by atoms with Gasteiger partial charge in [0.1, 0.15) is 0 Å². The molecule has 0 aromatic heterocycles. The van der Waals surface area contributed by atoms with Crippen molar-refractivity contribution in [3.8, 4) is 0 Å². The number of hydrogen-bond acceptors (Lipinski definition) is 3. The second-order valence-electron chi connectivity index (χ2n) is 4.22. The fourth-order valence-electron chi connectivity index (χ4n) is 1.81. The van der Waals surface area contributed by atoms with Crippen molar-refractivity contribution < 1.29 is 0 Å². The smallest absolute Gasteiger partial charge is 0.161 e. The van der Waals surface area contributed by atoms with Gasteiger partial charge in [-0.3, -0.25) is 4.99 Å².